The largest absolute Gasteiger partial charge is 0.317 e. The van der Waals surface area contributed by atoms with Crippen molar-refractivity contribution in [1.82, 2.24) is 10.2 Å². The lowest BCUT2D eigenvalue weighted by Gasteiger charge is -2.37. The van der Waals surface area contributed by atoms with Gasteiger partial charge < -0.3 is 5.32 Å². The molecule has 0 amide bonds. The Morgan fingerprint density at radius 3 is 2.17 bits per heavy atom. The van der Waals surface area contributed by atoms with Crippen LogP contribution in [-0.2, 0) is 0 Å². The van der Waals surface area contributed by atoms with E-state index in [1.165, 1.54) is 57.4 Å². The summed E-state index contributed by atoms with van der Waals surface area (Å²) in [4.78, 5) is 2.61. The molecule has 4 heteroatoms. The Balaban J connectivity index is 0.00000132. The van der Waals surface area contributed by atoms with Gasteiger partial charge in [-0.05, 0) is 69.3 Å². The fraction of sp³-hybridized carbons (Fsp3) is 0.579. The maximum atomic E-state index is 3.49. The lowest BCUT2D eigenvalue weighted by atomic mass is 9.79. The van der Waals surface area contributed by atoms with Gasteiger partial charge in [-0.3, -0.25) is 4.90 Å². The van der Waals surface area contributed by atoms with Crippen LogP contribution in [0.4, 0.5) is 0 Å². The van der Waals surface area contributed by atoms with E-state index in [0.717, 1.165) is 18.4 Å². The zero-order valence-electron chi connectivity index (χ0n) is 13.8. The highest BCUT2D eigenvalue weighted by molar-refractivity contribution is 5.85. The van der Waals surface area contributed by atoms with Crippen LogP contribution in [0.2, 0.25) is 0 Å². The van der Waals surface area contributed by atoms with Crippen LogP contribution in [-0.4, -0.2) is 37.6 Å². The highest BCUT2D eigenvalue weighted by Gasteiger charge is 2.26. The van der Waals surface area contributed by atoms with Gasteiger partial charge >= 0.3 is 0 Å². The van der Waals surface area contributed by atoms with Crippen LogP contribution in [0.5, 0.6) is 0 Å². The molecule has 0 atom stereocenters. The standard InChI is InChI=1S/C19H28N2.2ClH/c1-2-5-17(6-3-1)7-4-14-21-15-10-19(11-16-21)18-8-12-20-13-9-18;;/h1-7,18-20H,8-16H2;2*1H/b7-4+;;. The molecule has 2 aliphatic heterocycles. The van der Waals surface area contributed by atoms with E-state index in [4.69, 9.17) is 0 Å². The quantitative estimate of drug-likeness (QED) is 0.866. The molecule has 2 heterocycles. The van der Waals surface area contributed by atoms with E-state index in [1.54, 1.807) is 0 Å². The Kier molecular flexibility index (Phi) is 9.89. The molecule has 2 saturated heterocycles. The van der Waals surface area contributed by atoms with Crippen LogP contribution in [0.1, 0.15) is 31.2 Å². The van der Waals surface area contributed by atoms with Gasteiger partial charge in [0.2, 0.25) is 0 Å². The van der Waals surface area contributed by atoms with Gasteiger partial charge in [-0.1, -0.05) is 42.5 Å². The predicted octanol–water partition coefficient (Wildman–Crippen LogP) is 4.26. The van der Waals surface area contributed by atoms with E-state index in [0.29, 0.717) is 0 Å². The van der Waals surface area contributed by atoms with Crippen LogP contribution in [0, 0.1) is 11.8 Å². The number of rotatable bonds is 4. The number of halogens is 2. The molecule has 0 unspecified atom stereocenters. The first-order valence-electron chi connectivity index (χ1n) is 8.56. The fourth-order valence-corrected chi connectivity index (χ4v) is 3.82. The Morgan fingerprint density at radius 2 is 1.52 bits per heavy atom. The molecular formula is C19H30Cl2N2. The SMILES string of the molecule is C(=C\c1ccccc1)/CN1CCC(C2CCNCC2)CC1.Cl.Cl. The third-order valence-corrected chi connectivity index (χ3v) is 5.16. The van der Waals surface area contributed by atoms with E-state index in [1.807, 2.05) is 0 Å². The average molecular weight is 357 g/mol. The van der Waals surface area contributed by atoms with Gasteiger partial charge in [0, 0.05) is 6.54 Å². The van der Waals surface area contributed by atoms with Crippen LogP contribution in [0.25, 0.3) is 6.08 Å². The molecule has 0 radical (unpaired) electrons. The van der Waals surface area contributed by atoms with Crippen LogP contribution in [0.15, 0.2) is 36.4 Å². The van der Waals surface area contributed by atoms with Crippen molar-refractivity contribution in [2.45, 2.75) is 25.7 Å². The van der Waals surface area contributed by atoms with Crippen molar-refractivity contribution in [3.8, 4) is 0 Å². The van der Waals surface area contributed by atoms with Crippen molar-refractivity contribution in [3.05, 3.63) is 42.0 Å². The Labute approximate surface area is 153 Å². The van der Waals surface area contributed by atoms with Gasteiger partial charge in [-0.25, -0.2) is 0 Å². The summed E-state index contributed by atoms with van der Waals surface area (Å²) in [5, 5.41) is 3.49. The van der Waals surface area contributed by atoms with Crippen molar-refractivity contribution in [2.24, 2.45) is 11.8 Å². The number of nitrogens with one attached hydrogen (secondary N) is 1. The van der Waals surface area contributed by atoms with E-state index in [2.05, 4.69) is 52.7 Å². The molecule has 2 aliphatic rings. The van der Waals surface area contributed by atoms with E-state index in [9.17, 15) is 0 Å². The number of benzene rings is 1. The maximum absolute atomic E-state index is 3.49. The minimum absolute atomic E-state index is 0. The second-order valence-corrected chi connectivity index (χ2v) is 6.54. The summed E-state index contributed by atoms with van der Waals surface area (Å²) in [6, 6.07) is 10.6. The summed E-state index contributed by atoms with van der Waals surface area (Å²) in [7, 11) is 0. The fourth-order valence-electron chi connectivity index (χ4n) is 3.82. The first kappa shape index (κ1) is 20.5. The summed E-state index contributed by atoms with van der Waals surface area (Å²) < 4.78 is 0. The van der Waals surface area contributed by atoms with Gasteiger partial charge in [0.25, 0.3) is 0 Å². The van der Waals surface area contributed by atoms with E-state index in [-0.39, 0.29) is 24.8 Å². The average Bonchev–Trinajstić information content (AvgIpc) is 2.57. The van der Waals surface area contributed by atoms with Crippen molar-refractivity contribution in [1.29, 1.82) is 0 Å². The molecule has 1 N–H and O–H groups in total. The monoisotopic (exact) mass is 356 g/mol. The summed E-state index contributed by atoms with van der Waals surface area (Å²) in [6.45, 7) is 6.16. The molecule has 2 nitrogen and oxygen atoms in total. The molecule has 0 spiro atoms. The maximum Gasteiger partial charge on any atom is 0.0166 e. The van der Waals surface area contributed by atoms with Gasteiger partial charge in [-0.2, -0.15) is 0 Å². The molecule has 23 heavy (non-hydrogen) atoms. The lowest BCUT2D eigenvalue weighted by molar-refractivity contribution is 0.139. The smallest absolute Gasteiger partial charge is 0.0166 e. The van der Waals surface area contributed by atoms with E-state index >= 15 is 0 Å². The van der Waals surface area contributed by atoms with Crippen LogP contribution in [0.3, 0.4) is 0 Å². The highest BCUT2D eigenvalue weighted by atomic mass is 35.5. The second kappa shape index (κ2) is 11.1. The molecule has 1 aromatic rings. The predicted molar refractivity (Wildman–Crippen MR) is 105 cm³/mol. The minimum atomic E-state index is 0. The number of piperidine rings is 2. The van der Waals surface area contributed by atoms with Crippen molar-refractivity contribution < 1.29 is 0 Å². The minimum Gasteiger partial charge on any atom is -0.317 e. The number of likely N-dealkylation sites (tertiary alicyclic amines) is 1. The van der Waals surface area contributed by atoms with Gasteiger partial charge in [-0.15, -0.1) is 24.8 Å². The normalized spacial score (nSPS) is 20.9. The Hall–Kier alpha value is -0.540. The number of nitrogens with zero attached hydrogens (tertiary/aromatic N) is 1. The first-order valence-corrected chi connectivity index (χ1v) is 8.56. The summed E-state index contributed by atoms with van der Waals surface area (Å²) in [5.74, 6) is 1.98. The highest BCUT2D eigenvalue weighted by Crippen LogP contribution is 2.30. The van der Waals surface area contributed by atoms with Crippen molar-refractivity contribution in [2.75, 3.05) is 32.7 Å². The van der Waals surface area contributed by atoms with Crippen LogP contribution >= 0.6 is 24.8 Å². The third kappa shape index (κ3) is 6.46. The zero-order chi connectivity index (χ0) is 14.3. The van der Waals surface area contributed by atoms with Crippen molar-refractivity contribution >= 4 is 30.9 Å². The summed E-state index contributed by atoms with van der Waals surface area (Å²) in [5.41, 5.74) is 1.31. The van der Waals surface area contributed by atoms with Gasteiger partial charge in [0.15, 0.2) is 0 Å². The molecule has 3 rings (SSSR count). The Morgan fingerprint density at radius 1 is 0.913 bits per heavy atom. The first-order chi connectivity index (χ1) is 10.4. The zero-order valence-corrected chi connectivity index (χ0v) is 15.5. The van der Waals surface area contributed by atoms with Crippen LogP contribution < -0.4 is 5.32 Å². The van der Waals surface area contributed by atoms with Crippen molar-refractivity contribution in [3.63, 3.8) is 0 Å². The second-order valence-electron chi connectivity index (χ2n) is 6.54. The number of hydrogen-bond acceptors (Lipinski definition) is 2. The molecule has 1 aromatic carbocycles. The van der Waals surface area contributed by atoms with Gasteiger partial charge in [0.1, 0.15) is 0 Å². The molecule has 0 bridgehead atoms. The van der Waals surface area contributed by atoms with Gasteiger partial charge in [0.05, 0.1) is 0 Å². The molecule has 2 fully saturated rings. The summed E-state index contributed by atoms with van der Waals surface area (Å²) >= 11 is 0. The lowest BCUT2D eigenvalue weighted by Crippen LogP contribution is -2.39. The molecule has 130 valence electrons. The number of hydrogen-bond donors (Lipinski definition) is 1. The molecule has 0 aliphatic carbocycles. The summed E-state index contributed by atoms with van der Waals surface area (Å²) in [6.07, 6.45) is 10.2. The molecular weight excluding hydrogens is 327 g/mol. The third-order valence-electron chi connectivity index (χ3n) is 5.16. The topological polar surface area (TPSA) is 15.3 Å². The van der Waals surface area contributed by atoms with E-state index < -0.39 is 0 Å². The molecule has 0 saturated carbocycles. The molecule has 0 aromatic heterocycles. The Bertz CT molecular complexity index is 436.